The number of halogens is 1. The number of rotatable bonds is 6. The summed E-state index contributed by atoms with van der Waals surface area (Å²) in [5, 5.41) is 0. The molecule has 24 heavy (non-hydrogen) atoms. The van der Waals surface area contributed by atoms with Gasteiger partial charge in [-0.3, -0.25) is 4.79 Å². The van der Waals surface area contributed by atoms with Crippen LogP contribution in [0.4, 0.5) is 0 Å². The monoisotopic (exact) mass is 415 g/mol. The quantitative estimate of drug-likeness (QED) is 0.669. The van der Waals surface area contributed by atoms with Crippen LogP contribution in [0.3, 0.4) is 0 Å². The van der Waals surface area contributed by atoms with Gasteiger partial charge < -0.3 is 4.74 Å². The molecule has 0 atom stereocenters. The molecule has 2 rings (SSSR count). The van der Waals surface area contributed by atoms with E-state index < -0.39 is 10.0 Å². The molecule has 1 saturated heterocycles. The van der Waals surface area contributed by atoms with Gasteiger partial charge >= 0.3 is 5.97 Å². The molecule has 1 aromatic carbocycles. The molecule has 0 N–H and O–H groups in total. The van der Waals surface area contributed by atoms with Gasteiger partial charge in [0.1, 0.15) is 0 Å². The van der Waals surface area contributed by atoms with Crippen molar-refractivity contribution in [2.75, 3.05) is 25.4 Å². The maximum absolute atomic E-state index is 12.4. The normalized spacial score (nSPS) is 17.2. The molecule has 0 spiro atoms. The third-order valence-corrected chi connectivity index (χ3v) is 6.25. The Bertz CT molecular complexity index is 677. The molecule has 5 nitrogen and oxygen atoms in total. The number of ether oxygens (including phenoxy) is 1. The number of nitrogens with zero attached hydrogens (tertiary/aromatic N) is 1. The number of piperidine rings is 1. The molecular formula is C17H22BrNO4S. The summed E-state index contributed by atoms with van der Waals surface area (Å²) in [5.74, 6) is -0.438. The average molecular weight is 416 g/mol. The Morgan fingerprint density at radius 2 is 1.92 bits per heavy atom. The van der Waals surface area contributed by atoms with Crippen LogP contribution in [0.15, 0.2) is 34.8 Å². The van der Waals surface area contributed by atoms with Crippen molar-refractivity contribution in [3.05, 3.63) is 40.4 Å². The molecule has 132 valence electrons. The smallest absolute Gasteiger partial charge is 0.309 e. The van der Waals surface area contributed by atoms with Crippen molar-refractivity contribution in [2.24, 2.45) is 5.92 Å². The fourth-order valence-corrected chi connectivity index (χ4v) is 4.20. The van der Waals surface area contributed by atoms with E-state index in [2.05, 4.69) is 15.9 Å². The van der Waals surface area contributed by atoms with Crippen molar-refractivity contribution in [2.45, 2.75) is 19.8 Å². The van der Waals surface area contributed by atoms with Crippen LogP contribution >= 0.6 is 15.9 Å². The summed E-state index contributed by atoms with van der Waals surface area (Å²) in [6, 6.07) is 7.65. The molecule has 7 heteroatoms. The number of esters is 1. The van der Waals surface area contributed by atoms with E-state index in [1.54, 1.807) is 19.1 Å². The first kappa shape index (κ1) is 19.1. The van der Waals surface area contributed by atoms with Gasteiger partial charge in [-0.15, -0.1) is 0 Å². The summed E-state index contributed by atoms with van der Waals surface area (Å²) in [6.45, 7) is 2.88. The fraction of sp³-hybridized carbons (Fsp3) is 0.471. The van der Waals surface area contributed by atoms with E-state index in [9.17, 15) is 13.2 Å². The van der Waals surface area contributed by atoms with Gasteiger partial charge in [0.2, 0.25) is 10.0 Å². The summed E-state index contributed by atoms with van der Waals surface area (Å²) >= 11 is 3.36. The average Bonchev–Trinajstić information content (AvgIpc) is 2.57. The van der Waals surface area contributed by atoms with Gasteiger partial charge in [0.05, 0.1) is 18.3 Å². The molecule has 1 aromatic rings. The van der Waals surface area contributed by atoms with Crippen LogP contribution in [0.5, 0.6) is 0 Å². The number of hydrogen-bond acceptors (Lipinski definition) is 4. The minimum atomic E-state index is -3.34. The lowest BCUT2D eigenvalue weighted by Gasteiger charge is -2.29. The highest BCUT2D eigenvalue weighted by molar-refractivity contribution is 9.10. The van der Waals surface area contributed by atoms with Gasteiger partial charge in [0, 0.05) is 17.6 Å². The van der Waals surface area contributed by atoms with E-state index in [4.69, 9.17) is 4.74 Å². The molecule has 0 aliphatic carbocycles. The maximum Gasteiger partial charge on any atom is 0.309 e. The summed E-state index contributed by atoms with van der Waals surface area (Å²) in [7, 11) is -3.34. The second-order valence-corrected chi connectivity index (χ2v) is 8.59. The molecular weight excluding hydrogens is 394 g/mol. The zero-order chi connectivity index (χ0) is 17.6. The minimum absolute atomic E-state index is 0.0346. The van der Waals surface area contributed by atoms with Gasteiger partial charge in [-0.25, -0.2) is 12.7 Å². The van der Waals surface area contributed by atoms with Crippen LogP contribution in [-0.2, 0) is 19.6 Å². The molecule has 1 heterocycles. The van der Waals surface area contributed by atoms with Crippen LogP contribution in [0, 0.1) is 5.92 Å². The van der Waals surface area contributed by atoms with Gasteiger partial charge in [-0.05, 0) is 37.5 Å². The first-order chi connectivity index (χ1) is 11.4. The third kappa shape index (κ3) is 5.43. The standard InChI is InChI=1S/C17H22BrNO4S/c1-2-23-17(20)15-9-11-19(12-10-15)24(21,22)13-3-4-14-5-7-16(18)8-6-14/h3-8,15H,2,9-13H2,1H3. The number of carbonyl (C=O) groups is 1. The second kappa shape index (κ2) is 8.78. The van der Waals surface area contributed by atoms with Crippen molar-refractivity contribution < 1.29 is 17.9 Å². The van der Waals surface area contributed by atoms with E-state index in [0.29, 0.717) is 32.5 Å². The molecule has 1 aliphatic rings. The summed E-state index contributed by atoms with van der Waals surface area (Å²) in [5.41, 5.74) is 0.953. The molecule has 0 amide bonds. The van der Waals surface area contributed by atoms with Crippen LogP contribution in [0.1, 0.15) is 25.3 Å². The first-order valence-electron chi connectivity index (χ1n) is 7.99. The molecule has 0 radical (unpaired) electrons. The highest BCUT2D eigenvalue weighted by Gasteiger charge is 2.31. The van der Waals surface area contributed by atoms with Gasteiger partial charge in [-0.1, -0.05) is 40.2 Å². The van der Waals surface area contributed by atoms with E-state index in [1.165, 1.54) is 4.31 Å². The first-order valence-corrected chi connectivity index (χ1v) is 10.4. The van der Waals surface area contributed by atoms with E-state index >= 15 is 0 Å². The van der Waals surface area contributed by atoms with Crippen molar-refractivity contribution in [3.63, 3.8) is 0 Å². The molecule has 0 aromatic heterocycles. The van der Waals surface area contributed by atoms with Crippen LogP contribution in [-0.4, -0.2) is 44.1 Å². The Kier molecular flexibility index (Phi) is 7.01. The maximum atomic E-state index is 12.4. The summed E-state index contributed by atoms with van der Waals surface area (Å²) < 4.78 is 32.2. The number of sulfonamides is 1. The molecule has 0 bridgehead atoms. The van der Waals surface area contributed by atoms with Crippen LogP contribution in [0.2, 0.25) is 0 Å². The highest BCUT2D eigenvalue weighted by atomic mass is 79.9. The van der Waals surface area contributed by atoms with Crippen molar-refractivity contribution in [3.8, 4) is 0 Å². The number of benzene rings is 1. The largest absolute Gasteiger partial charge is 0.466 e. The van der Waals surface area contributed by atoms with Gasteiger partial charge in [0.15, 0.2) is 0 Å². The molecule has 0 saturated carbocycles. The fourth-order valence-electron chi connectivity index (χ4n) is 2.61. The second-order valence-electron chi connectivity index (χ2n) is 5.66. The Labute approximate surface area is 151 Å². The van der Waals surface area contributed by atoms with Crippen molar-refractivity contribution in [1.82, 2.24) is 4.31 Å². The van der Waals surface area contributed by atoms with Crippen molar-refractivity contribution >= 4 is 38.0 Å². The predicted molar refractivity (Wildman–Crippen MR) is 97.9 cm³/mol. The lowest BCUT2D eigenvalue weighted by Crippen LogP contribution is -2.41. The van der Waals surface area contributed by atoms with Gasteiger partial charge in [0.25, 0.3) is 0 Å². The molecule has 0 unspecified atom stereocenters. The zero-order valence-electron chi connectivity index (χ0n) is 13.7. The van der Waals surface area contributed by atoms with Crippen LogP contribution < -0.4 is 0 Å². The van der Waals surface area contributed by atoms with Crippen LogP contribution in [0.25, 0.3) is 6.08 Å². The Balaban J connectivity index is 1.87. The Morgan fingerprint density at radius 1 is 1.29 bits per heavy atom. The predicted octanol–water partition coefficient (Wildman–Crippen LogP) is 3.07. The van der Waals surface area contributed by atoms with Gasteiger partial charge in [-0.2, -0.15) is 0 Å². The Hall–Kier alpha value is -1.18. The highest BCUT2D eigenvalue weighted by Crippen LogP contribution is 2.21. The lowest BCUT2D eigenvalue weighted by molar-refractivity contribution is -0.149. The molecule has 1 aliphatic heterocycles. The van der Waals surface area contributed by atoms with E-state index in [1.807, 2.05) is 24.3 Å². The number of carbonyl (C=O) groups excluding carboxylic acids is 1. The van der Waals surface area contributed by atoms with E-state index in [0.717, 1.165) is 10.0 Å². The third-order valence-electron chi connectivity index (χ3n) is 3.95. The van der Waals surface area contributed by atoms with Crippen molar-refractivity contribution in [1.29, 1.82) is 0 Å². The topological polar surface area (TPSA) is 63.7 Å². The summed E-state index contributed by atoms with van der Waals surface area (Å²) in [4.78, 5) is 11.7. The Morgan fingerprint density at radius 3 is 2.50 bits per heavy atom. The van der Waals surface area contributed by atoms with E-state index in [-0.39, 0.29) is 17.6 Å². The lowest BCUT2D eigenvalue weighted by atomic mass is 9.98. The number of hydrogen-bond donors (Lipinski definition) is 0. The molecule has 1 fully saturated rings. The SMILES string of the molecule is CCOC(=O)C1CCN(S(=O)(=O)CC=Cc2ccc(Br)cc2)CC1. The minimum Gasteiger partial charge on any atom is -0.466 e. The summed E-state index contributed by atoms with van der Waals surface area (Å²) in [6.07, 6.45) is 4.51. The zero-order valence-corrected chi connectivity index (χ0v) is 16.1.